The van der Waals surface area contributed by atoms with Crippen LogP contribution in [0, 0.1) is 0 Å². The van der Waals surface area contributed by atoms with Crippen LogP contribution in [0.15, 0.2) is 42.5 Å². The molecule has 2 aromatic carbocycles. The van der Waals surface area contributed by atoms with Crippen LogP contribution in [0.3, 0.4) is 0 Å². The quantitative estimate of drug-likeness (QED) is 0.737. The smallest absolute Gasteiger partial charge is 0.342 e. The molecule has 5 nitrogen and oxygen atoms in total. The number of benzene rings is 2. The van der Waals surface area contributed by atoms with E-state index in [1.807, 2.05) is 18.2 Å². The van der Waals surface area contributed by atoms with Gasteiger partial charge in [0.25, 0.3) is 0 Å². The number of nitrogens with zero attached hydrogens (tertiary/aromatic N) is 1. The number of aromatic nitrogens is 1. The van der Waals surface area contributed by atoms with Gasteiger partial charge in [-0.3, -0.25) is 0 Å². The maximum absolute atomic E-state index is 12.5. The zero-order valence-corrected chi connectivity index (χ0v) is 15.0. The van der Waals surface area contributed by atoms with Gasteiger partial charge in [0.1, 0.15) is 11.3 Å². The summed E-state index contributed by atoms with van der Waals surface area (Å²) in [4.78, 5) is 12.5. The monoisotopic (exact) mass is 350 g/mol. The Morgan fingerprint density at radius 2 is 1.88 bits per heavy atom. The van der Waals surface area contributed by atoms with Crippen molar-refractivity contribution in [3.63, 3.8) is 0 Å². The predicted molar refractivity (Wildman–Crippen MR) is 102 cm³/mol. The van der Waals surface area contributed by atoms with Crippen molar-refractivity contribution in [1.29, 1.82) is 0 Å². The average molecular weight is 350 g/mol. The molecule has 134 valence electrons. The topological polar surface area (TPSA) is 52.5 Å². The summed E-state index contributed by atoms with van der Waals surface area (Å²) in [6.07, 6.45) is 0.996. The Labute approximate surface area is 152 Å². The molecule has 0 saturated heterocycles. The molecule has 1 aliphatic heterocycles. The van der Waals surface area contributed by atoms with E-state index in [4.69, 9.17) is 9.47 Å². The molecule has 0 fully saturated rings. The largest absolute Gasteiger partial charge is 0.496 e. The van der Waals surface area contributed by atoms with Gasteiger partial charge < -0.3 is 19.4 Å². The van der Waals surface area contributed by atoms with Crippen molar-refractivity contribution in [3.05, 3.63) is 53.7 Å². The lowest BCUT2D eigenvalue weighted by atomic mass is 9.97. The van der Waals surface area contributed by atoms with E-state index >= 15 is 0 Å². The van der Waals surface area contributed by atoms with Gasteiger partial charge in [0.15, 0.2) is 0 Å². The van der Waals surface area contributed by atoms with Crippen LogP contribution in [0.1, 0.15) is 16.1 Å². The Morgan fingerprint density at radius 3 is 2.69 bits per heavy atom. The predicted octanol–water partition coefficient (Wildman–Crippen LogP) is 3.25. The van der Waals surface area contributed by atoms with E-state index in [1.165, 1.54) is 18.2 Å². The van der Waals surface area contributed by atoms with Crippen molar-refractivity contribution in [2.75, 3.05) is 27.3 Å². The van der Waals surface area contributed by atoms with Gasteiger partial charge >= 0.3 is 5.97 Å². The van der Waals surface area contributed by atoms with Gasteiger partial charge in [-0.05, 0) is 12.1 Å². The molecule has 4 rings (SSSR count). The Hall–Kier alpha value is -2.79. The normalized spacial score (nSPS) is 13.9. The van der Waals surface area contributed by atoms with E-state index in [0.29, 0.717) is 11.3 Å². The Kier molecular flexibility index (Phi) is 4.39. The van der Waals surface area contributed by atoms with Crippen molar-refractivity contribution < 1.29 is 14.3 Å². The highest BCUT2D eigenvalue weighted by Crippen LogP contribution is 2.37. The Morgan fingerprint density at radius 1 is 1.08 bits per heavy atom. The van der Waals surface area contributed by atoms with Crippen LogP contribution < -0.4 is 10.1 Å². The van der Waals surface area contributed by atoms with Gasteiger partial charge in [-0.2, -0.15) is 0 Å². The Balaban J connectivity index is 2.01. The zero-order chi connectivity index (χ0) is 18.1. The first kappa shape index (κ1) is 16.7. The highest BCUT2D eigenvalue weighted by atomic mass is 16.5. The number of nitrogens with one attached hydrogen (secondary N) is 1. The molecule has 5 heteroatoms. The first-order chi connectivity index (χ1) is 12.7. The van der Waals surface area contributed by atoms with Gasteiger partial charge in [-0.1, -0.05) is 30.3 Å². The fraction of sp³-hybridized carbons (Fsp3) is 0.286. The van der Waals surface area contributed by atoms with Crippen molar-refractivity contribution >= 4 is 16.9 Å². The third kappa shape index (κ3) is 2.65. The second-order valence-electron chi connectivity index (χ2n) is 6.41. The van der Waals surface area contributed by atoms with Gasteiger partial charge in [0, 0.05) is 48.3 Å². The van der Waals surface area contributed by atoms with Crippen molar-refractivity contribution in [3.8, 4) is 16.9 Å². The number of hydrogen-bond acceptors (Lipinski definition) is 4. The van der Waals surface area contributed by atoms with Crippen molar-refractivity contribution in [1.82, 2.24) is 9.88 Å². The number of rotatable bonds is 3. The van der Waals surface area contributed by atoms with Crippen LogP contribution in [0.4, 0.5) is 0 Å². The molecule has 1 N–H and O–H groups in total. The summed E-state index contributed by atoms with van der Waals surface area (Å²) in [5.74, 6) is 0.134. The van der Waals surface area contributed by atoms with E-state index in [9.17, 15) is 4.79 Å². The minimum atomic E-state index is -0.390. The number of ether oxygens (including phenoxy) is 2. The molecule has 1 aliphatic rings. The number of esters is 1. The molecule has 0 amide bonds. The lowest BCUT2D eigenvalue weighted by Crippen LogP contribution is -2.17. The summed E-state index contributed by atoms with van der Waals surface area (Å²) in [7, 11) is 2.97. The Bertz CT molecular complexity index is 975. The van der Waals surface area contributed by atoms with Gasteiger partial charge in [0.2, 0.25) is 0 Å². The number of para-hydroxylation sites is 1. The van der Waals surface area contributed by atoms with Crippen LogP contribution >= 0.6 is 0 Å². The standard InChI is InChI=1S/C21H22N2O3/c1-25-18-8-4-6-16(19(18)21(24)26-2)17-7-3-5-14-13-15-9-10-22-11-12-23(15)20(14)17/h3-8,13,22H,9-12H2,1-2H3. The van der Waals surface area contributed by atoms with Crippen LogP contribution in [0.25, 0.3) is 22.0 Å². The molecular formula is C21H22N2O3. The molecule has 0 bridgehead atoms. The second kappa shape index (κ2) is 6.84. The SMILES string of the molecule is COC(=O)c1c(OC)cccc1-c1cccc2cc3n(c12)CCNCC3. The van der Waals surface area contributed by atoms with Gasteiger partial charge in [-0.25, -0.2) is 4.79 Å². The third-order valence-electron chi connectivity index (χ3n) is 5.00. The maximum Gasteiger partial charge on any atom is 0.342 e. The number of carbonyl (C=O) groups excluding carboxylic acids is 1. The molecule has 0 aliphatic carbocycles. The number of hydrogen-bond donors (Lipinski definition) is 1. The summed E-state index contributed by atoms with van der Waals surface area (Å²) in [6.45, 7) is 2.83. The highest BCUT2D eigenvalue weighted by Gasteiger charge is 2.22. The minimum Gasteiger partial charge on any atom is -0.496 e. The van der Waals surface area contributed by atoms with Crippen LogP contribution in [-0.2, 0) is 17.7 Å². The molecule has 0 spiro atoms. The van der Waals surface area contributed by atoms with Crippen molar-refractivity contribution in [2.45, 2.75) is 13.0 Å². The number of fused-ring (bicyclic) bond motifs is 3. The molecule has 0 saturated carbocycles. The molecule has 2 heterocycles. The first-order valence-corrected chi connectivity index (χ1v) is 8.82. The summed E-state index contributed by atoms with van der Waals surface area (Å²) < 4.78 is 12.8. The van der Waals surface area contributed by atoms with E-state index in [-0.39, 0.29) is 0 Å². The summed E-state index contributed by atoms with van der Waals surface area (Å²) >= 11 is 0. The highest BCUT2D eigenvalue weighted by molar-refractivity contribution is 6.05. The molecule has 0 unspecified atom stereocenters. The summed E-state index contributed by atoms with van der Waals surface area (Å²) in [5.41, 5.74) is 4.80. The first-order valence-electron chi connectivity index (χ1n) is 8.82. The minimum absolute atomic E-state index is 0.390. The molecule has 0 radical (unpaired) electrons. The van der Waals surface area contributed by atoms with Gasteiger partial charge in [-0.15, -0.1) is 0 Å². The molecule has 0 atom stereocenters. The van der Waals surface area contributed by atoms with E-state index in [2.05, 4.69) is 28.1 Å². The average Bonchev–Trinajstić information content (AvgIpc) is 2.88. The van der Waals surface area contributed by atoms with Crippen LogP contribution in [-0.4, -0.2) is 37.8 Å². The molecule has 3 aromatic rings. The number of carbonyl (C=O) groups is 1. The van der Waals surface area contributed by atoms with E-state index in [1.54, 1.807) is 13.2 Å². The fourth-order valence-electron chi connectivity index (χ4n) is 3.83. The zero-order valence-electron chi connectivity index (χ0n) is 15.0. The van der Waals surface area contributed by atoms with Crippen molar-refractivity contribution in [2.24, 2.45) is 0 Å². The fourth-order valence-corrected chi connectivity index (χ4v) is 3.83. The molecule has 1 aromatic heterocycles. The summed E-state index contributed by atoms with van der Waals surface area (Å²) in [5, 5.41) is 4.64. The summed E-state index contributed by atoms with van der Waals surface area (Å²) in [6, 6.07) is 14.1. The lowest BCUT2D eigenvalue weighted by molar-refractivity contribution is 0.0598. The van der Waals surface area contributed by atoms with E-state index < -0.39 is 5.97 Å². The molecular weight excluding hydrogens is 328 g/mol. The van der Waals surface area contributed by atoms with Gasteiger partial charge in [0.05, 0.1) is 19.7 Å². The second-order valence-corrected chi connectivity index (χ2v) is 6.41. The maximum atomic E-state index is 12.5. The van der Waals surface area contributed by atoms with Crippen LogP contribution in [0.2, 0.25) is 0 Å². The van der Waals surface area contributed by atoms with E-state index in [0.717, 1.165) is 42.7 Å². The lowest BCUT2D eigenvalue weighted by Gasteiger charge is -2.15. The number of methoxy groups -OCH3 is 2. The third-order valence-corrected chi connectivity index (χ3v) is 5.00. The molecule has 26 heavy (non-hydrogen) atoms. The van der Waals surface area contributed by atoms with Crippen LogP contribution in [0.5, 0.6) is 5.75 Å².